The Morgan fingerprint density at radius 3 is 2.38 bits per heavy atom. The summed E-state index contributed by atoms with van der Waals surface area (Å²) in [6.07, 6.45) is 1.17. The highest BCUT2D eigenvalue weighted by Crippen LogP contribution is 2.25. The lowest BCUT2D eigenvalue weighted by molar-refractivity contribution is 0.0904. The molecule has 0 atom stereocenters. The minimum absolute atomic E-state index is 0.114. The van der Waals surface area contributed by atoms with Crippen molar-refractivity contribution in [1.82, 2.24) is 0 Å². The van der Waals surface area contributed by atoms with Crippen LogP contribution in [0.15, 0.2) is 16.6 Å². The molecule has 0 unspecified atom stereocenters. The average molecular weight is 291 g/mol. The molecule has 0 aliphatic carbocycles. The van der Waals surface area contributed by atoms with Crippen LogP contribution in [0.1, 0.15) is 37.0 Å². The molecule has 0 fully saturated rings. The van der Waals surface area contributed by atoms with E-state index >= 15 is 0 Å². The molecule has 0 aliphatic heterocycles. The molecule has 0 radical (unpaired) electrons. The predicted octanol–water partition coefficient (Wildman–Crippen LogP) is 4.35. The zero-order valence-corrected chi connectivity index (χ0v) is 10.8. The minimum Gasteiger partial charge on any atom is -0.294 e. The van der Waals surface area contributed by atoms with Gasteiger partial charge in [0.2, 0.25) is 0 Å². The highest BCUT2D eigenvalue weighted by Gasteiger charge is 2.24. The van der Waals surface area contributed by atoms with Gasteiger partial charge < -0.3 is 0 Å². The summed E-state index contributed by atoms with van der Waals surface area (Å²) in [5.74, 6) is -2.38. The summed E-state index contributed by atoms with van der Waals surface area (Å²) in [5.41, 5.74) is -0.428. The number of hydrogen-bond acceptors (Lipinski definition) is 1. The zero-order valence-electron chi connectivity index (χ0n) is 9.19. The fraction of sp³-hybridized carbons (Fsp3) is 0.417. The molecule has 0 aliphatic rings. The molecule has 0 bridgehead atoms. The van der Waals surface area contributed by atoms with Gasteiger partial charge in [-0.05, 0) is 40.9 Å². The zero-order chi connectivity index (χ0) is 12.3. The summed E-state index contributed by atoms with van der Waals surface area (Å²) in [6, 6.07) is 2.36. The van der Waals surface area contributed by atoms with Gasteiger partial charge in [0.05, 0.1) is 10.0 Å². The number of Topliss-reactive ketones (excluding diaryl/α,β-unsaturated/α-hetero) is 1. The Morgan fingerprint density at radius 2 is 1.88 bits per heavy atom. The number of hydrogen-bond donors (Lipinski definition) is 0. The van der Waals surface area contributed by atoms with Gasteiger partial charge in [-0.1, -0.05) is 13.8 Å². The summed E-state index contributed by atoms with van der Waals surface area (Å²) < 4.78 is 27.2. The number of ketones is 1. The molecular weight excluding hydrogens is 278 g/mol. The third-order valence-corrected chi connectivity index (χ3v) is 3.26. The fourth-order valence-electron chi connectivity index (χ4n) is 1.62. The van der Waals surface area contributed by atoms with E-state index in [0.29, 0.717) is 12.8 Å². The highest BCUT2D eigenvalue weighted by atomic mass is 79.9. The van der Waals surface area contributed by atoms with Crippen LogP contribution in [0, 0.1) is 17.6 Å². The lowest BCUT2D eigenvalue weighted by Crippen LogP contribution is -2.16. The van der Waals surface area contributed by atoms with E-state index in [2.05, 4.69) is 15.9 Å². The number of carbonyl (C=O) groups is 1. The van der Waals surface area contributed by atoms with Crippen LogP contribution in [0.25, 0.3) is 0 Å². The summed E-state index contributed by atoms with van der Waals surface area (Å²) >= 11 is 2.95. The highest BCUT2D eigenvalue weighted by molar-refractivity contribution is 9.10. The third-order valence-electron chi connectivity index (χ3n) is 2.65. The Labute approximate surface area is 102 Å². The maximum atomic E-state index is 13.6. The van der Waals surface area contributed by atoms with Gasteiger partial charge >= 0.3 is 0 Å². The van der Waals surface area contributed by atoms with Crippen molar-refractivity contribution in [2.45, 2.75) is 26.7 Å². The summed E-state index contributed by atoms with van der Waals surface area (Å²) in [5, 5.41) is 0. The van der Waals surface area contributed by atoms with Crippen LogP contribution in [0.4, 0.5) is 8.78 Å². The molecule has 16 heavy (non-hydrogen) atoms. The van der Waals surface area contributed by atoms with Crippen molar-refractivity contribution in [1.29, 1.82) is 0 Å². The molecule has 0 saturated carbocycles. The summed E-state index contributed by atoms with van der Waals surface area (Å²) in [6.45, 7) is 3.67. The largest absolute Gasteiger partial charge is 0.294 e. The molecule has 1 aromatic carbocycles. The Kier molecular flexibility index (Phi) is 4.59. The van der Waals surface area contributed by atoms with Gasteiger partial charge in [-0.15, -0.1) is 0 Å². The van der Waals surface area contributed by atoms with Crippen molar-refractivity contribution < 1.29 is 13.6 Å². The van der Waals surface area contributed by atoms with Gasteiger partial charge in [0, 0.05) is 5.92 Å². The van der Waals surface area contributed by atoms with Crippen LogP contribution in [-0.4, -0.2) is 5.78 Å². The molecule has 0 saturated heterocycles. The number of halogens is 3. The van der Waals surface area contributed by atoms with E-state index in [1.54, 1.807) is 0 Å². The number of rotatable bonds is 4. The molecule has 1 aromatic rings. The molecule has 0 spiro atoms. The first-order valence-electron chi connectivity index (χ1n) is 5.20. The quantitative estimate of drug-likeness (QED) is 0.595. The molecule has 1 nitrogen and oxygen atoms in total. The SMILES string of the molecule is CCC(CC)C(=O)c1c(F)ccc(Br)c1F. The maximum absolute atomic E-state index is 13.6. The van der Waals surface area contributed by atoms with Gasteiger partial charge in [0.15, 0.2) is 11.6 Å². The van der Waals surface area contributed by atoms with Crippen molar-refractivity contribution in [2.75, 3.05) is 0 Å². The molecule has 0 heterocycles. The maximum Gasteiger partial charge on any atom is 0.171 e. The smallest absolute Gasteiger partial charge is 0.171 e. The van der Waals surface area contributed by atoms with Crippen LogP contribution < -0.4 is 0 Å². The van der Waals surface area contributed by atoms with E-state index in [4.69, 9.17) is 0 Å². The van der Waals surface area contributed by atoms with Crippen molar-refractivity contribution in [3.05, 3.63) is 33.8 Å². The van der Waals surface area contributed by atoms with Crippen LogP contribution in [0.5, 0.6) is 0 Å². The fourth-order valence-corrected chi connectivity index (χ4v) is 1.95. The van der Waals surface area contributed by atoms with Gasteiger partial charge in [-0.2, -0.15) is 0 Å². The predicted molar refractivity (Wildman–Crippen MR) is 62.5 cm³/mol. The first kappa shape index (κ1) is 13.3. The Morgan fingerprint density at radius 1 is 1.31 bits per heavy atom. The second-order valence-electron chi connectivity index (χ2n) is 3.60. The minimum atomic E-state index is -0.808. The van der Waals surface area contributed by atoms with Crippen molar-refractivity contribution in [3.8, 4) is 0 Å². The molecule has 1 rings (SSSR count). The van der Waals surface area contributed by atoms with Crippen LogP contribution in [0.2, 0.25) is 0 Å². The van der Waals surface area contributed by atoms with Crippen molar-refractivity contribution in [2.24, 2.45) is 5.92 Å². The van der Waals surface area contributed by atoms with Gasteiger partial charge in [-0.3, -0.25) is 4.79 Å². The molecule has 4 heteroatoms. The number of benzene rings is 1. The second-order valence-corrected chi connectivity index (χ2v) is 4.45. The first-order chi connectivity index (χ1) is 7.52. The average Bonchev–Trinajstić information content (AvgIpc) is 2.26. The van der Waals surface area contributed by atoms with E-state index in [9.17, 15) is 13.6 Å². The van der Waals surface area contributed by atoms with Gasteiger partial charge in [-0.25, -0.2) is 8.78 Å². The Bertz CT molecular complexity index is 400. The van der Waals surface area contributed by atoms with Crippen molar-refractivity contribution in [3.63, 3.8) is 0 Å². The van der Waals surface area contributed by atoms with Crippen LogP contribution >= 0.6 is 15.9 Å². The van der Waals surface area contributed by atoms with E-state index in [1.165, 1.54) is 6.07 Å². The molecular formula is C12H13BrF2O. The monoisotopic (exact) mass is 290 g/mol. The second kappa shape index (κ2) is 5.53. The topological polar surface area (TPSA) is 17.1 Å². The molecule has 0 N–H and O–H groups in total. The van der Waals surface area contributed by atoms with Gasteiger partial charge in [0.1, 0.15) is 5.82 Å². The van der Waals surface area contributed by atoms with Crippen molar-refractivity contribution >= 4 is 21.7 Å². The standard InChI is InChI=1S/C12H13BrF2O/c1-3-7(4-2)12(16)10-9(14)6-5-8(13)11(10)15/h5-7H,3-4H2,1-2H3. The molecule has 0 amide bonds. The van der Waals surface area contributed by atoms with Crippen LogP contribution in [-0.2, 0) is 0 Å². The molecule has 0 aromatic heterocycles. The normalized spacial score (nSPS) is 10.9. The van der Waals surface area contributed by atoms with Gasteiger partial charge in [0.25, 0.3) is 0 Å². The summed E-state index contributed by atoms with van der Waals surface area (Å²) in [7, 11) is 0. The number of carbonyl (C=O) groups excluding carboxylic acids is 1. The van der Waals surface area contributed by atoms with E-state index in [0.717, 1.165) is 6.07 Å². The molecule has 88 valence electrons. The first-order valence-corrected chi connectivity index (χ1v) is 5.99. The third kappa shape index (κ3) is 2.48. The lowest BCUT2D eigenvalue weighted by Gasteiger charge is -2.12. The lowest BCUT2D eigenvalue weighted by atomic mass is 9.92. The Balaban J connectivity index is 3.22. The van der Waals surface area contributed by atoms with E-state index in [-0.39, 0.29) is 10.4 Å². The van der Waals surface area contributed by atoms with Crippen LogP contribution in [0.3, 0.4) is 0 Å². The summed E-state index contributed by atoms with van der Waals surface area (Å²) in [4.78, 5) is 11.9. The Hall–Kier alpha value is -0.770. The van der Waals surface area contributed by atoms with E-state index < -0.39 is 23.0 Å². The van der Waals surface area contributed by atoms with E-state index in [1.807, 2.05) is 13.8 Å².